The van der Waals surface area contributed by atoms with Crippen LogP contribution in [0.1, 0.15) is 20.3 Å². The molecule has 0 heterocycles. The molecule has 0 aromatic heterocycles. The average Bonchev–Trinajstić information content (AvgIpc) is 2.35. The first-order chi connectivity index (χ1) is 9.73. The van der Waals surface area contributed by atoms with Crippen LogP contribution in [0.5, 0.6) is 5.75 Å². The lowest BCUT2D eigenvalue weighted by Crippen LogP contribution is -2.21. The second-order valence-electron chi connectivity index (χ2n) is 5.26. The fourth-order valence-electron chi connectivity index (χ4n) is 1.87. The summed E-state index contributed by atoms with van der Waals surface area (Å²) in [5.74, 6) is 0.164. The molecule has 21 heavy (non-hydrogen) atoms. The standard InChI is InChI=1S/C14H22N2O4S/c1-10(2)9-21(18,19)7-6-14(17)16-11-4-5-13(20-3)12(15)8-11/h4-5,8,10H,6-7,9,15H2,1-3H3,(H,16,17). The summed E-state index contributed by atoms with van der Waals surface area (Å²) in [6, 6.07) is 4.86. The van der Waals surface area contributed by atoms with E-state index in [9.17, 15) is 13.2 Å². The number of ether oxygens (including phenoxy) is 1. The summed E-state index contributed by atoms with van der Waals surface area (Å²) in [4.78, 5) is 11.8. The van der Waals surface area contributed by atoms with Crippen molar-refractivity contribution in [3.05, 3.63) is 18.2 Å². The van der Waals surface area contributed by atoms with E-state index in [0.717, 1.165) is 0 Å². The van der Waals surface area contributed by atoms with E-state index >= 15 is 0 Å². The SMILES string of the molecule is COc1ccc(NC(=O)CCS(=O)(=O)CC(C)C)cc1N. The Balaban J connectivity index is 2.56. The molecule has 1 amide bonds. The Morgan fingerprint density at radius 3 is 2.57 bits per heavy atom. The van der Waals surface area contributed by atoms with Gasteiger partial charge in [0.2, 0.25) is 5.91 Å². The second kappa shape index (κ2) is 7.31. The van der Waals surface area contributed by atoms with Crippen LogP contribution in [-0.4, -0.2) is 32.9 Å². The van der Waals surface area contributed by atoms with E-state index in [4.69, 9.17) is 10.5 Å². The minimum absolute atomic E-state index is 0.0550. The van der Waals surface area contributed by atoms with Crippen molar-refractivity contribution in [3.8, 4) is 5.75 Å². The van der Waals surface area contributed by atoms with Crippen LogP contribution in [0.25, 0.3) is 0 Å². The molecule has 1 aromatic carbocycles. The van der Waals surface area contributed by atoms with Crippen LogP contribution in [-0.2, 0) is 14.6 Å². The lowest BCUT2D eigenvalue weighted by molar-refractivity contribution is -0.115. The van der Waals surface area contributed by atoms with Gasteiger partial charge in [0.15, 0.2) is 9.84 Å². The maximum atomic E-state index is 11.8. The van der Waals surface area contributed by atoms with E-state index in [1.54, 1.807) is 18.2 Å². The molecule has 0 atom stereocenters. The highest BCUT2D eigenvalue weighted by Crippen LogP contribution is 2.24. The van der Waals surface area contributed by atoms with Crippen molar-refractivity contribution < 1.29 is 17.9 Å². The van der Waals surface area contributed by atoms with Crippen molar-refractivity contribution in [1.29, 1.82) is 0 Å². The fraction of sp³-hybridized carbons (Fsp3) is 0.500. The third-order valence-electron chi connectivity index (χ3n) is 2.74. The molecule has 6 nitrogen and oxygen atoms in total. The van der Waals surface area contributed by atoms with Gasteiger partial charge in [-0.3, -0.25) is 4.79 Å². The van der Waals surface area contributed by atoms with Crippen LogP contribution in [0.3, 0.4) is 0 Å². The van der Waals surface area contributed by atoms with Gasteiger partial charge in [0.1, 0.15) is 5.75 Å². The predicted octanol–water partition coefficient (Wildman–Crippen LogP) is 1.68. The number of nitrogens with two attached hydrogens (primary N) is 1. The monoisotopic (exact) mass is 314 g/mol. The molecular weight excluding hydrogens is 292 g/mol. The highest BCUT2D eigenvalue weighted by molar-refractivity contribution is 7.91. The summed E-state index contributed by atoms with van der Waals surface area (Å²) in [5, 5.41) is 2.62. The van der Waals surface area contributed by atoms with Crippen molar-refractivity contribution in [3.63, 3.8) is 0 Å². The Labute approximate surface area is 125 Å². The van der Waals surface area contributed by atoms with Gasteiger partial charge in [-0.15, -0.1) is 0 Å². The van der Waals surface area contributed by atoms with Gasteiger partial charge in [0, 0.05) is 12.1 Å². The van der Waals surface area contributed by atoms with Gasteiger partial charge in [-0.05, 0) is 24.1 Å². The zero-order chi connectivity index (χ0) is 16.0. The van der Waals surface area contributed by atoms with Gasteiger partial charge in [0.05, 0.1) is 24.3 Å². The van der Waals surface area contributed by atoms with E-state index in [2.05, 4.69) is 5.32 Å². The van der Waals surface area contributed by atoms with E-state index in [-0.39, 0.29) is 29.8 Å². The molecule has 1 rings (SSSR count). The number of sulfone groups is 1. The van der Waals surface area contributed by atoms with E-state index < -0.39 is 9.84 Å². The lowest BCUT2D eigenvalue weighted by Gasteiger charge is -2.09. The molecule has 0 fully saturated rings. The van der Waals surface area contributed by atoms with Gasteiger partial charge in [0.25, 0.3) is 0 Å². The number of methoxy groups -OCH3 is 1. The molecule has 7 heteroatoms. The number of amides is 1. The summed E-state index contributed by atoms with van der Waals surface area (Å²) in [6.07, 6.45) is -0.0685. The third-order valence-corrected chi connectivity index (χ3v) is 4.74. The quantitative estimate of drug-likeness (QED) is 0.746. The molecule has 0 aliphatic heterocycles. The molecule has 0 bridgehead atoms. The smallest absolute Gasteiger partial charge is 0.225 e. The number of carbonyl (C=O) groups excluding carboxylic acids is 1. The fourth-order valence-corrected chi connectivity index (χ4v) is 3.55. The van der Waals surface area contributed by atoms with Crippen LogP contribution in [0.2, 0.25) is 0 Å². The van der Waals surface area contributed by atoms with Crippen molar-refractivity contribution in [2.75, 3.05) is 29.7 Å². The molecule has 3 N–H and O–H groups in total. The number of hydrogen-bond acceptors (Lipinski definition) is 5. The summed E-state index contributed by atoms with van der Waals surface area (Å²) in [6.45, 7) is 3.66. The van der Waals surface area contributed by atoms with Crippen LogP contribution in [0.4, 0.5) is 11.4 Å². The molecule has 118 valence electrons. The van der Waals surface area contributed by atoms with Crippen molar-refractivity contribution >= 4 is 27.1 Å². The molecule has 0 saturated heterocycles. The minimum Gasteiger partial charge on any atom is -0.495 e. The van der Waals surface area contributed by atoms with Crippen LogP contribution in [0, 0.1) is 5.92 Å². The largest absolute Gasteiger partial charge is 0.495 e. The maximum Gasteiger partial charge on any atom is 0.225 e. The Hall–Kier alpha value is -1.76. The van der Waals surface area contributed by atoms with Crippen LogP contribution < -0.4 is 15.8 Å². The number of carbonyl (C=O) groups is 1. The van der Waals surface area contributed by atoms with Crippen molar-refractivity contribution in [2.24, 2.45) is 5.92 Å². The predicted molar refractivity (Wildman–Crippen MR) is 84.1 cm³/mol. The van der Waals surface area contributed by atoms with Gasteiger partial charge in [-0.1, -0.05) is 13.8 Å². The summed E-state index contributed by atoms with van der Waals surface area (Å²) >= 11 is 0. The third kappa shape index (κ3) is 6.03. The number of nitrogen functional groups attached to an aromatic ring is 1. The normalized spacial score (nSPS) is 11.4. The zero-order valence-corrected chi connectivity index (χ0v) is 13.4. The molecule has 0 radical (unpaired) electrons. The molecule has 0 unspecified atom stereocenters. The molecule has 0 aliphatic rings. The molecule has 0 spiro atoms. The van der Waals surface area contributed by atoms with E-state index in [0.29, 0.717) is 17.1 Å². The number of anilines is 2. The summed E-state index contributed by atoms with van der Waals surface area (Å²) < 4.78 is 28.5. The number of rotatable bonds is 7. The molecule has 0 aliphatic carbocycles. The summed E-state index contributed by atoms with van der Waals surface area (Å²) in [5.41, 5.74) is 6.65. The average molecular weight is 314 g/mol. The topological polar surface area (TPSA) is 98.5 Å². The van der Waals surface area contributed by atoms with Crippen molar-refractivity contribution in [1.82, 2.24) is 0 Å². The van der Waals surface area contributed by atoms with Gasteiger partial charge < -0.3 is 15.8 Å². The Morgan fingerprint density at radius 2 is 2.05 bits per heavy atom. The summed E-state index contributed by atoms with van der Waals surface area (Å²) in [7, 11) is -1.69. The molecular formula is C14H22N2O4S. The lowest BCUT2D eigenvalue weighted by atomic mass is 10.2. The minimum atomic E-state index is -3.19. The van der Waals surface area contributed by atoms with Crippen LogP contribution in [0.15, 0.2) is 18.2 Å². The number of nitrogens with one attached hydrogen (secondary N) is 1. The Morgan fingerprint density at radius 1 is 1.38 bits per heavy atom. The van der Waals surface area contributed by atoms with E-state index in [1.165, 1.54) is 7.11 Å². The highest BCUT2D eigenvalue weighted by atomic mass is 32.2. The zero-order valence-electron chi connectivity index (χ0n) is 12.5. The van der Waals surface area contributed by atoms with E-state index in [1.807, 2.05) is 13.8 Å². The highest BCUT2D eigenvalue weighted by Gasteiger charge is 2.15. The maximum absolute atomic E-state index is 11.8. The van der Waals surface area contributed by atoms with Crippen molar-refractivity contribution in [2.45, 2.75) is 20.3 Å². The first kappa shape index (κ1) is 17.3. The Bertz CT molecular complexity index is 597. The first-order valence-electron chi connectivity index (χ1n) is 6.67. The Kier molecular flexibility index (Phi) is 6.02. The van der Waals surface area contributed by atoms with Crippen LogP contribution >= 0.6 is 0 Å². The molecule has 1 aromatic rings. The second-order valence-corrected chi connectivity index (χ2v) is 7.49. The number of benzene rings is 1. The van der Waals surface area contributed by atoms with Gasteiger partial charge in [-0.2, -0.15) is 0 Å². The number of hydrogen-bond donors (Lipinski definition) is 2. The first-order valence-corrected chi connectivity index (χ1v) is 8.49. The van der Waals surface area contributed by atoms with Gasteiger partial charge >= 0.3 is 0 Å². The molecule has 0 saturated carbocycles. The van der Waals surface area contributed by atoms with Gasteiger partial charge in [-0.25, -0.2) is 8.42 Å².